The summed E-state index contributed by atoms with van der Waals surface area (Å²) < 4.78 is 10.5. The minimum atomic E-state index is 0.434. The Balaban J connectivity index is 2.07. The maximum absolute atomic E-state index is 5.49. The Hall–Kier alpha value is -1.72. The summed E-state index contributed by atoms with van der Waals surface area (Å²) in [4.78, 5) is 11.1. The molecule has 2 aromatic rings. The van der Waals surface area contributed by atoms with Crippen LogP contribution in [0, 0.1) is 5.92 Å². The molecule has 2 aromatic heterocycles. The Morgan fingerprint density at radius 3 is 2.45 bits per heavy atom. The van der Waals surface area contributed by atoms with Gasteiger partial charge in [-0.2, -0.15) is 0 Å². The summed E-state index contributed by atoms with van der Waals surface area (Å²) in [6, 6.07) is 4.37. The van der Waals surface area contributed by atoms with Gasteiger partial charge in [0.15, 0.2) is 5.82 Å². The third-order valence-electron chi connectivity index (χ3n) is 3.90. The first kappa shape index (κ1) is 16.6. The number of aromatic nitrogens is 2. The normalized spacial score (nSPS) is 13.0. The highest BCUT2D eigenvalue weighted by atomic mass is 16.5. The van der Waals surface area contributed by atoms with Crippen LogP contribution in [0.25, 0.3) is 0 Å². The van der Waals surface area contributed by atoms with Crippen LogP contribution in [-0.4, -0.2) is 28.0 Å². The highest BCUT2D eigenvalue weighted by Crippen LogP contribution is 2.17. The smallest absolute Gasteiger partial charge is 0.153 e. The number of hydrogen-bond acceptors (Lipinski definition) is 5. The van der Waals surface area contributed by atoms with E-state index < -0.39 is 0 Å². The molecule has 0 aliphatic heterocycles. The lowest BCUT2D eigenvalue weighted by Crippen LogP contribution is -2.35. The number of methoxy groups -OCH3 is 1. The van der Waals surface area contributed by atoms with Crippen LogP contribution in [0.2, 0.25) is 0 Å². The highest BCUT2D eigenvalue weighted by Gasteiger charge is 2.19. The minimum Gasteiger partial charge on any atom is -0.468 e. The monoisotopic (exact) mass is 303 g/mol. The Labute approximate surface area is 132 Å². The van der Waals surface area contributed by atoms with Crippen LogP contribution >= 0.6 is 0 Å². The number of rotatable bonds is 8. The van der Waals surface area contributed by atoms with Crippen molar-refractivity contribution >= 4 is 0 Å². The van der Waals surface area contributed by atoms with Crippen LogP contribution in [0.4, 0.5) is 0 Å². The van der Waals surface area contributed by atoms with Crippen molar-refractivity contribution in [3.63, 3.8) is 0 Å². The van der Waals surface area contributed by atoms with E-state index in [4.69, 9.17) is 9.15 Å². The van der Waals surface area contributed by atoms with Gasteiger partial charge in [-0.3, -0.25) is 4.90 Å². The SMILES string of the molecule is COCc1ncc(CN(Cc2ccco2)[C@H](C)C(C)C)cn1. The molecule has 2 heterocycles. The molecule has 0 unspecified atom stereocenters. The predicted octanol–water partition coefficient (Wildman–Crippen LogP) is 3.26. The topological polar surface area (TPSA) is 51.4 Å². The predicted molar refractivity (Wildman–Crippen MR) is 85.0 cm³/mol. The van der Waals surface area contributed by atoms with E-state index in [-0.39, 0.29) is 0 Å². The molecule has 0 bridgehead atoms. The molecular weight excluding hydrogens is 278 g/mol. The van der Waals surface area contributed by atoms with Gasteiger partial charge >= 0.3 is 0 Å². The van der Waals surface area contributed by atoms with Crippen molar-refractivity contribution in [2.45, 2.75) is 46.5 Å². The number of hydrogen-bond donors (Lipinski definition) is 0. The molecule has 0 aliphatic carbocycles. The lowest BCUT2D eigenvalue weighted by molar-refractivity contribution is 0.140. The molecule has 0 amide bonds. The van der Waals surface area contributed by atoms with E-state index in [2.05, 4.69) is 35.6 Å². The average Bonchev–Trinajstić information content (AvgIpc) is 3.01. The molecule has 0 fully saturated rings. The zero-order chi connectivity index (χ0) is 15.9. The zero-order valence-electron chi connectivity index (χ0n) is 13.8. The van der Waals surface area contributed by atoms with Gasteiger partial charge in [0.25, 0.3) is 0 Å². The van der Waals surface area contributed by atoms with E-state index in [1.165, 1.54) is 0 Å². The molecule has 0 aromatic carbocycles. The number of furan rings is 1. The first-order valence-corrected chi connectivity index (χ1v) is 7.65. The summed E-state index contributed by atoms with van der Waals surface area (Å²) >= 11 is 0. The molecule has 0 radical (unpaired) electrons. The molecule has 0 spiro atoms. The van der Waals surface area contributed by atoms with Gasteiger partial charge in [-0.05, 0) is 25.0 Å². The van der Waals surface area contributed by atoms with Gasteiger partial charge in [-0.15, -0.1) is 0 Å². The second kappa shape index (κ2) is 8.06. The Kier molecular flexibility index (Phi) is 6.10. The van der Waals surface area contributed by atoms with E-state index in [1.54, 1.807) is 13.4 Å². The third kappa shape index (κ3) is 4.64. The Morgan fingerprint density at radius 2 is 1.91 bits per heavy atom. The van der Waals surface area contributed by atoms with Gasteiger partial charge in [0, 0.05) is 37.7 Å². The fourth-order valence-electron chi connectivity index (χ4n) is 2.27. The quantitative estimate of drug-likeness (QED) is 0.749. The third-order valence-corrected chi connectivity index (χ3v) is 3.90. The average molecular weight is 303 g/mol. The van der Waals surface area contributed by atoms with Crippen molar-refractivity contribution in [1.82, 2.24) is 14.9 Å². The molecule has 5 nitrogen and oxygen atoms in total. The van der Waals surface area contributed by atoms with Gasteiger partial charge < -0.3 is 9.15 Å². The van der Waals surface area contributed by atoms with E-state index in [0.717, 1.165) is 24.4 Å². The van der Waals surface area contributed by atoms with Crippen LogP contribution in [0.5, 0.6) is 0 Å². The fourth-order valence-corrected chi connectivity index (χ4v) is 2.27. The first-order chi connectivity index (χ1) is 10.6. The lowest BCUT2D eigenvalue weighted by atomic mass is 10.0. The molecule has 1 atom stereocenters. The summed E-state index contributed by atoms with van der Waals surface area (Å²) in [5.74, 6) is 2.24. The zero-order valence-corrected chi connectivity index (χ0v) is 13.8. The molecule has 0 saturated heterocycles. The summed E-state index contributed by atoms with van der Waals surface area (Å²) in [5.41, 5.74) is 1.10. The van der Waals surface area contributed by atoms with Gasteiger partial charge in [0.05, 0.1) is 12.8 Å². The molecule has 120 valence electrons. The summed E-state index contributed by atoms with van der Waals surface area (Å²) in [6.45, 7) is 8.74. The fraction of sp³-hybridized carbons (Fsp3) is 0.529. The molecule has 22 heavy (non-hydrogen) atoms. The molecule has 2 rings (SSSR count). The first-order valence-electron chi connectivity index (χ1n) is 7.65. The molecule has 0 N–H and O–H groups in total. The lowest BCUT2D eigenvalue weighted by Gasteiger charge is -2.31. The van der Waals surface area contributed by atoms with Gasteiger partial charge in [0.1, 0.15) is 12.4 Å². The standard InChI is InChI=1S/C17H25N3O2/c1-13(2)14(3)20(11-16-6-5-7-22-16)10-15-8-18-17(12-21-4)19-9-15/h5-9,13-14H,10-12H2,1-4H3/t14-/m1/s1. The molecule has 0 aliphatic rings. The summed E-state index contributed by atoms with van der Waals surface area (Å²) in [7, 11) is 1.65. The van der Waals surface area contributed by atoms with E-state index in [1.807, 2.05) is 24.5 Å². The largest absolute Gasteiger partial charge is 0.468 e. The van der Waals surface area contributed by atoms with Gasteiger partial charge in [0.2, 0.25) is 0 Å². The maximum Gasteiger partial charge on any atom is 0.153 e. The maximum atomic E-state index is 5.49. The second-order valence-corrected chi connectivity index (χ2v) is 5.91. The molecule has 5 heteroatoms. The minimum absolute atomic E-state index is 0.434. The highest BCUT2D eigenvalue weighted by molar-refractivity contribution is 5.06. The van der Waals surface area contributed by atoms with Crippen LogP contribution in [0.1, 0.15) is 37.9 Å². The van der Waals surface area contributed by atoms with Crippen LogP contribution in [0.3, 0.4) is 0 Å². The van der Waals surface area contributed by atoms with Crippen molar-refractivity contribution in [3.8, 4) is 0 Å². The summed E-state index contributed by atoms with van der Waals surface area (Å²) in [5, 5.41) is 0. The van der Waals surface area contributed by atoms with Crippen LogP contribution in [-0.2, 0) is 24.4 Å². The van der Waals surface area contributed by atoms with Crippen molar-refractivity contribution in [2.24, 2.45) is 5.92 Å². The van der Waals surface area contributed by atoms with Gasteiger partial charge in [-0.25, -0.2) is 9.97 Å². The molecule has 0 saturated carbocycles. The molecular formula is C17H25N3O2. The van der Waals surface area contributed by atoms with Gasteiger partial charge in [-0.1, -0.05) is 13.8 Å². The van der Waals surface area contributed by atoms with Crippen molar-refractivity contribution in [1.29, 1.82) is 0 Å². The Morgan fingerprint density at radius 1 is 1.18 bits per heavy atom. The van der Waals surface area contributed by atoms with E-state index >= 15 is 0 Å². The van der Waals surface area contributed by atoms with Crippen molar-refractivity contribution in [3.05, 3.63) is 47.9 Å². The van der Waals surface area contributed by atoms with E-state index in [0.29, 0.717) is 24.4 Å². The number of nitrogens with zero attached hydrogens (tertiary/aromatic N) is 3. The van der Waals surface area contributed by atoms with Crippen LogP contribution < -0.4 is 0 Å². The van der Waals surface area contributed by atoms with Crippen molar-refractivity contribution in [2.75, 3.05) is 7.11 Å². The van der Waals surface area contributed by atoms with Crippen LogP contribution in [0.15, 0.2) is 35.2 Å². The Bertz CT molecular complexity index is 538. The second-order valence-electron chi connectivity index (χ2n) is 5.91. The number of ether oxygens (including phenoxy) is 1. The van der Waals surface area contributed by atoms with E-state index in [9.17, 15) is 0 Å². The van der Waals surface area contributed by atoms with Crippen molar-refractivity contribution < 1.29 is 9.15 Å². The summed E-state index contributed by atoms with van der Waals surface area (Å²) in [6.07, 6.45) is 5.48.